The number of carbonyl (C=O) groups excluding carboxylic acids is 1. The molecule has 6 heteroatoms. The van der Waals surface area contributed by atoms with E-state index in [0.717, 1.165) is 35.9 Å². The van der Waals surface area contributed by atoms with E-state index in [-0.39, 0.29) is 11.7 Å². The van der Waals surface area contributed by atoms with Crippen molar-refractivity contribution in [2.75, 3.05) is 18.1 Å². The van der Waals surface area contributed by atoms with Gasteiger partial charge in [-0.2, -0.15) is 11.8 Å². The minimum atomic E-state index is -0.383. The van der Waals surface area contributed by atoms with E-state index in [1.807, 2.05) is 18.7 Å². The molecule has 1 saturated heterocycles. The van der Waals surface area contributed by atoms with Crippen LogP contribution < -0.4 is 11.3 Å². The summed E-state index contributed by atoms with van der Waals surface area (Å²) in [5.74, 6) is 8.11. The van der Waals surface area contributed by atoms with Gasteiger partial charge >= 0.3 is 5.91 Å². The lowest BCUT2D eigenvalue weighted by Gasteiger charge is -2.32. The number of amides is 1. The number of nitrogens with zero attached hydrogens (tertiary/aromatic N) is 1. The van der Waals surface area contributed by atoms with Gasteiger partial charge in [-0.25, -0.2) is 5.84 Å². The van der Waals surface area contributed by atoms with Crippen molar-refractivity contribution in [3.05, 3.63) is 23.2 Å². The van der Waals surface area contributed by atoms with E-state index >= 15 is 0 Å². The molecule has 1 unspecified atom stereocenters. The van der Waals surface area contributed by atoms with Crippen LogP contribution in [0, 0.1) is 6.92 Å². The van der Waals surface area contributed by atoms with Crippen molar-refractivity contribution in [3.63, 3.8) is 0 Å². The van der Waals surface area contributed by atoms with Gasteiger partial charge in [-0.05, 0) is 19.9 Å². The predicted octanol–water partition coefficient (Wildman–Crippen LogP) is 1.13. The number of rotatable bonds is 3. The van der Waals surface area contributed by atoms with Gasteiger partial charge < -0.3 is 4.42 Å². The van der Waals surface area contributed by atoms with E-state index in [1.54, 1.807) is 6.07 Å². The minimum absolute atomic E-state index is 0.282. The van der Waals surface area contributed by atoms with E-state index in [2.05, 4.69) is 17.2 Å². The number of furan rings is 1. The van der Waals surface area contributed by atoms with Crippen LogP contribution in [0.3, 0.4) is 0 Å². The molecule has 1 fully saturated rings. The molecular formula is C12H19N3O2S. The minimum Gasteiger partial charge on any atom is -0.456 e. The third kappa shape index (κ3) is 2.88. The van der Waals surface area contributed by atoms with Gasteiger partial charge in [0.15, 0.2) is 5.76 Å². The molecule has 1 aromatic heterocycles. The van der Waals surface area contributed by atoms with E-state index in [4.69, 9.17) is 10.3 Å². The molecule has 0 saturated carbocycles. The smallest absolute Gasteiger partial charge is 0.300 e. The van der Waals surface area contributed by atoms with Gasteiger partial charge in [-0.15, -0.1) is 0 Å². The predicted molar refractivity (Wildman–Crippen MR) is 72.3 cm³/mol. The zero-order chi connectivity index (χ0) is 13.1. The first-order valence-electron chi connectivity index (χ1n) is 6.04. The van der Waals surface area contributed by atoms with Gasteiger partial charge in [-0.3, -0.25) is 15.1 Å². The maximum atomic E-state index is 11.4. The van der Waals surface area contributed by atoms with Crippen LogP contribution >= 0.6 is 11.8 Å². The summed E-state index contributed by atoms with van der Waals surface area (Å²) in [7, 11) is 0. The summed E-state index contributed by atoms with van der Waals surface area (Å²) in [5, 5.41) is 0. The Balaban J connectivity index is 2.09. The molecule has 0 aliphatic carbocycles. The molecule has 2 rings (SSSR count). The summed E-state index contributed by atoms with van der Waals surface area (Å²) in [6.07, 6.45) is 0. The average Bonchev–Trinajstić information content (AvgIpc) is 2.73. The second-order valence-corrected chi connectivity index (χ2v) is 5.71. The normalized spacial score (nSPS) is 20.9. The molecule has 0 bridgehead atoms. The number of aryl methyl sites for hydroxylation is 1. The molecule has 1 aromatic rings. The van der Waals surface area contributed by atoms with Gasteiger partial charge in [0.25, 0.3) is 0 Å². The van der Waals surface area contributed by atoms with E-state index in [0.29, 0.717) is 6.04 Å². The molecule has 1 amide bonds. The summed E-state index contributed by atoms with van der Waals surface area (Å²) < 4.78 is 5.42. The lowest BCUT2D eigenvalue weighted by Crippen LogP contribution is -2.39. The fraction of sp³-hybridized carbons (Fsp3) is 0.583. The summed E-state index contributed by atoms with van der Waals surface area (Å²) in [6, 6.07) is 2.34. The molecule has 5 nitrogen and oxygen atoms in total. The van der Waals surface area contributed by atoms with E-state index in [1.165, 1.54) is 0 Å². The monoisotopic (exact) mass is 269 g/mol. The lowest BCUT2D eigenvalue weighted by molar-refractivity contribution is 0.0924. The largest absolute Gasteiger partial charge is 0.456 e. The second-order valence-electron chi connectivity index (χ2n) is 4.56. The van der Waals surface area contributed by atoms with Gasteiger partial charge in [0.05, 0.1) is 0 Å². The zero-order valence-electron chi connectivity index (χ0n) is 10.7. The average molecular weight is 269 g/mol. The number of hydrogen-bond donors (Lipinski definition) is 2. The first kappa shape index (κ1) is 13.5. The Hall–Kier alpha value is -0.980. The van der Waals surface area contributed by atoms with Crippen molar-refractivity contribution in [2.24, 2.45) is 5.84 Å². The Labute approximate surface area is 111 Å². The molecular weight excluding hydrogens is 250 g/mol. The fourth-order valence-corrected chi connectivity index (χ4v) is 3.16. The Kier molecular flexibility index (Phi) is 4.31. The van der Waals surface area contributed by atoms with Crippen LogP contribution in [0.25, 0.3) is 0 Å². The highest BCUT2D eigenvalue weighted by Gasteiger charge is 2.21. The van der Waals surface area contributed by atoms with Crippen molar-refractivity contribution in [1.82, 2.24) is 10.3 Å². The van der Waals surface area contributed by atoms with Crippen molar-refractivity contribution in [1.29, 1.82) is 0 Å². The van der Waals surface area contributed by atoms with Crippen molar-refractivity contribution in [2.45, 2.75) is 26.4 Å². The van der Waals surface area contributed by atoms with Gasteiger partial charge in [0.2, 0.25) is 0 Å². The van der Waals surface area contributed by atoms with Gasteiger partial charge in [0.1, 0.15) is 5.76 Å². The van der Waals surface area contributed by atoms with Crippen LogP contribution in [-0.4, -0.2) is 34.9 Å². The quantitative estimate of drug-likeness (QED) is 0.489. The Morgan fingerprint density at radius 2 is 2.50 bits per heavy atom. The Morgan fingerprint density at radius 3 is 3.17 bits per heavy atom. The summed E-state index contributed by atoms with van der Waals surface area (Å²) in [5.41, 5.74) is 3.15. The number of nitrogen functional groups attached to an aromatic ring is 1. The molecule has 1 aliphatic heterocycles. The molecule has 1 atom stereocenters. The maximum absolute atomic E-state index is 11.4. The third-order valence-corrected chi connectivity index (χ3v) is 4.44. The summed E-state index contributed by atoms with van der Waals surface area (Å²) in [4.78, 5) is 13.8. The van der Waals surface area contributed by atoms with Crippen LogP contribution in [0.5, 0.6) is 0 Å². The van der Waals surface area contributed by atoms with Crippen LogP contribution in [0.2, 0.25) is 0 Å². The molecule has 2 heterocycles. The SMILES string of the molecule is Cc1oc(C(=O)NN)cc1CN1CCSCC1C. The van der Waals surface area contributed by atoms with E-state index in [9.17, 15) is 4.79 Å². The number of carbonyl (C=O) groups is 1. The first-order valence-corrected chi connectivity index (χ1v) is 7.19. The molecule has 0 aromatic carbocycles. The Bertz CT molecular complexity index is 433. The standard InChI is InChI=1S/C12H19N3O2S/c1-8-7-18-4-3-15(8)6-10-5-11(12(16)14-13)17-9(10)2/h5,8H,3-4,6-7,13H2,1-2H3,(H,14,16). The van der Waals surface area contributed by atoms with Crippen LogP contribution in [0.4, 0.5) is 0 Å². The third-order valence-electron chi connectivity index (χ3n) is 3.25. The molecule has 0 spiro atoms. The number of hydrogen-bond acceptors (Lipinski definition) is 5. The summed E-state index contributed by atoms with van der Waals surface area (Å²) in [6.45, 7) is 6.02. The van der Waals surface area contributed by atoms with Crippen molar-refractivity contribution in [3.8, 4) is 0 Å². The number of hydrazine groups is 1. The molecule has 3 N–H and O–H groups in total. The highest BCUT2D eigenvalue weighted by Crippen LogP contribution is 2.22. The topological polar surface area (TPSA) is 71.5 Å². The van der Waals surface area contributed by atoms with Crippen molar-refractivity contribution < 1.29 is 9.21 Å². The summed E-state index contributed by atoms with van der Waals surface area (Å²) >= 11 is 1.99. The molecule has 0 radical (unpaired) electrons. The lowest BCUT2D eigenvalue weighted by atomic mass is 10.2. The van der Waals surface area contributed by atoms with Gasteiger partial charge in [-0.1, -0.05) is 0 Å². The van der Waals surface area contributed by atoms with Crippen LogP contribution in [0.15, 0.2) is 10.5 Å². The number of thioether (sulfide) groups is 1. The van der Waals surface area contributed by atoms with E-state index < -0.39 is 0 Å². The molecule has 18 heavy (non-hydrogen) atoms. The zero-order valence-corrected chi connectivity index (χ0v) is 11.5. The Morgan fingerprint density at radius 1 is 1.72 bits per heavy atom. The number of nitrogens with one attached hydrogen (secondary N) is 1. The second kappa shape index (κ2) is 5.77. The van der Waals surface area contributed by atoms with Gasteiger partial charge in [0, 0.05) is 36.2 Å². The highest BCUT2D eigenvalue weighted by atomic mass is 32.2. The van der Waals surface area contributed by atoms with Crippen molar-refractivity contribution >= 4 is 17.7 Å². The van der Waals surface area contributed by atoms with Crippen LogP contribution in [-0.2, 0) is 6.54 Å². The highest BCUT2D eigenvalue weighted by molar-refractivity contribution is 7.99. The first-order chi connectivity index (χ1) is 8.61. The number of nitrogens with two attached hydrogens (primary N) is 1. The molecule has 100 valence electrons. The van der Waals surface area contributed by atoms with Crippen LogP contribution in [0.1, 0.15) is 28.8 Å². The maximum Gasteiger partial charge on any atom is 0.300 e. The fourth-order valence-electron chi connectivity index (χ4n) is 2.08. The molecule has 1 aliphatic rings.